The van der Waals surface area contributed by atoms with Crippen molar-refractivity contribution in [3.8, 4) is 0 Å². The number of benzene rings is 2. The molecule has 0 aromatic heterocycles. The van der Waals surface area contributed by atoms with Crippen molar-refractivity contribution >= 4 is 23.6 Å². The molecule has 1 aliphatic carbocycles. The third-order valence-corrected chi connectivity index (χ3v) is 6.33. The Morgan fingerprint density at radius 2 is 1.23 bits per heavy atom. The Bertz CT molecular complexity index is 1010. The third kappa shape index (κ3) is 2.76. The molecule has 1 aliphatic heterocycles. The van der Waals surface area contributed by atoms with Crippen LogP contribution in [0, 0.1) is 11.2 Å². The highest BCUT2D eigenvalue weighted by Crippen LogP contribution is 2.57. The number of rotatable bonds is 2. The van der Waals surface area contributed by atoms with Crippen LogP contribution in [0.15, 0.2) is 54.6 Å². The van der Waals surface area contributed by atoms with E-state index in [2.05, 4.69) is 0 Å². The highest BCUT2D eigenvalue weighted by Gasteiger charge is 2.66. The van der Waals surface area contributed by atoms with Gasteiger partial charge in [-0.1, -0.05) is 42.5 Å². The number of barbiturate groups is 1. The maximum Gasteiger partial charge on any atom is 0.332 e. The molecule has 7 heteroatoms. The highest BCUT2D eigenvalue weighted by molar-refractivity contribution is 6.21. The number of hydrogen-bond donors (Lipinski definition) is 0. The normalized spacial score (nSPS) is 24.0. The topological polar surface area (TPSA) is 74.8 Å². The molecule has 2 atom stereocenters. The van der Waals surface area contributed by atoms with Crippen LogP contribution in [0.25, 0.3) is 0 Å². The van der Waals surface area contributed by atoms with Gasteiger partial charge >= 0.3 is 6.03 Å². The molecule has 1 spiro atoms. The van der Waals surface area contributed by atoms with Gasteiger partial charge in [-0.3, -0.25) is 24.2 Å². The molecule has 1 saturated heterocycles. The summed E-state index contributed by atoms with van der Waals surface area (Å²) in [6.45, 7) is 0. The second-order valence-electron chi connectivity index (χ2n) is 7.89. The van der Waals surface area contributed by atoms with Crippen LogP contribution in [0.1, 0.15) is 35.8 Å². The molecule has 2 aromatic carbocycles. The maximum absolute atomic E-state index is 13.7. The standard InChI is InChI=1S/C23H21FN2O4/c1-25-20(28)23(21(29)26(2)22(25)30)18(14-6-4-3-5-7-14)12-17(27)13-19(23)15-8-10-16(24)11-9-15/h3-11,18-19H,12-13H2,1-2H3/t18-,19+/m1/s1. The van der Waals surface area contributed by atoms with E-state index in [1.54, 1.807) is 24.3 Å². The fraction of sp³-hybridized carbons (Fsp3) is 0.304. The lowest BCUT2D eigenvalue weighted by Gasteiger charge is -2.51. The van der Waals surface area contributed by atoms with Gasteiger partial charge in [0.25, 0.3) is 0 Å². The van der Waals surface area contributed by atoms with E-state index < -0.39 is 40.9 Å². The lowest BCUT2D eigenvalue weighted by Crippen LogP contribution is -2.68. The molecule has 1 heterocycles. The van der Waals surface area contributed by atoms with E-state index in [1.165, 1.54) is 38.4 Å². The summed E-state index contributed by atoms with van der Waals surface area (Å²) in [4.78, 5) is 54.5. The average Bonchev–Trinajstić information content (AvgIpc) is 2.76. The lowest BCUT2D eigenvalue weighted by atomic mass is 9.54. The van der Waals surface area contributed by atoms with Crippen LogP contribution in [0.5, 0.6) is 0 Å². The Kier molecular flexibility index (Phi) is 4.76. The molecule has 6 nitrogen and oxygen atoms in total. The summed E-state index contributed by atoms with van der Waals surface area (Å²) in [5.74, 6) is -3.38. The number of nitrogens with zero attached hydrogens (tertiary/aromatic N) is 2. The summed E-state index contributed by atoms with van der Waals surface area (Å²) in [7, 11) is 2.69. The SMILES string of the molecule is CN1C(=O)N(C)C(=O)C2(C1=O)[C@@H](c1ccccc1)CC(=O)C[C@H]2c1ccc(F)cc1. The second kappa shape index (κ2) is 7.16. The van der Waals surface area contributed by atoms with Gasteiger partial charge < -0.3 is 0 Å². The summed E-state index contributed by atoms with van der Waals surface area (Å²) in [6.07, 6.45) is -0.0304. The Morgan fingerprint density at radius 3 is 1.73 bits per heavy atom. The number of carbonyl (C=O) groups excluding carboxylic acids is 4. The van der Waals surface area contributed by atoms with Gasteiger partial charge in [0.15, 0.2) is 0 Å². The minimum atomic E-state index is -1.68. The van der Waals surface area contributed by atoms with Gasteiger partial charge in [-0.05, 0) is 23.3 Å². The van der Waals surface area contributed by atoms with Crippen LogP contribution in [0.4, 0.5) is 9.18 Å². The summed E-state index contributed by atoms with van der Waals surface area (Å²) in [6, 6.07) is 13.7. The van der Waals surface area contributed by atoms with E-state index in [0.717, 1.165) is 9.80 Å². The van der Waals surface area contributed by atoms with E-state index in [9.17, 15) is 23.6 Å². The fourth-order valence-electron chi connectivity index (χ4n) is 4.89. The van der Waals surface area contributed by atoms with Crippen molar-refractivity contribution in [1.29, 1.82) is 0 Å². The highest BCUT2D eigenvalue weighted by atomic mass is 19.1. The molecule has 4 amide bonds. The molecule has 154 valence electrons. The molecular weight excluding hydrogens is 387 g/mol. The van der Waals surface area contributed by atoms with Gasteiger partial charge in [-0.15, -0.1) is 0 Å². The minimum Gasteiger partial charge on any atom is -0.300 e. The largest absolute Gasteiger partial charge is 0.332 e. The molecule has 0 bridgehead atoms. The summed E-state index contributed by atoms with van der Waals surface area (Å²) >= 11 is 0. The number of urea groups is 1. The predicted molar refractivity (Wildman–Crippen MR) is 106 cm³/mol. The van der Waals surface area contributed by atoms with Crippen LogP contribution < -0.4 is 0 Å². The van der Waals surface area contributed by atoms with Crippen LogP contribution >= 0.6 is 0 Å². The zero-order valence-corrected chi connectivity index (χ0v) is 16.7. The molecule has 30 heavy (non-hydrogen) atoms. The number of carbonyl (C=O) groups is 4. The molecule has 1 saturated carbocycles. The molecular formula is C23H21FN2O4. The third-order valence-electron chi connectivity index (χ3n) is 6.33. The number of amides is 4. The zero-order valence-electron chi connectivity index (χ0n) is 16.7. The van der Waals surface area contributed by atoms with Crippen molar-refractivity contribution in [2.75, 3.05) is 14.1 Å². The van der Waals surface area contributed by atoms with E-state index >= 15 is 0 Å². The fourth-order valence-corrected chi connectivity index (χ4v) is 4.89. The van der Waals surface area contributed by atoms with Gasteiger partial charge in [-0.25, -0.2) is 9.18 Å². The summed E-state index contributed by atoms with van der Waals surface area (Å²) < 4.78 is 13.6. The smallest absolute Gasteiger partial charge is 0.300 e. The van der Waals surface area contributed by atoms with Crippen LogP contribution in [-0.2, 0) is 14.4 Å². The number of imide groups is 2. The quantitative estimate of drug-likeness (QED) is 0.716. The van der Waals surface area contributed by atoms with Gasteiger partial charge in [0.1, 0.15) is 17.0 Å². The molecule has 2 fully saturated rings. The van der Waals surface area contributed by atoms with Gasteiger partial charge in [0.2, 0.25) is 11.8 Å². The molecule has 0 radical (unpaired) electrons. The lowest BCUT2D eigenvalue weighted by molar-refractivity contribution is -0.163. The Labute approximate surface area is 173 Å². The molecule has 0 unspecified atom stereocenters. The van der Waals surface area contributed by atoms with E-state index in [0.29, 0.717) is 11.1 Å². The molecule has 2 aliphatic rings. The monoisotopic (exact) mass is 408 g/mol. The van der Waals surface area contributed by atoms with Gasteiger partial charge in [0.05, 0.1) is 0 Å². The number of hydrogen-bond acceptors (Lipinski definition) is 4. The first kappa shape index (κ1) is 19.9. The Hall–Kier alpha value is -3.35. The molecule has 0 N–H and O–H groups in total. The summed E-state index contributed by atoms with van der Waals surface area (Å²) in [5, 5.41) is 0. The first-order valence-electron chi connectivity index (χ1n) is 9.70. The van der Waals surface area contributed by atoms with Crippen molar-refractivity contribution in [2.24, 2.45) is 5.41 Å². The number of ketones is 1. The molecule has 4 rings (SSSR count). The Balaban J connectivity index is 2.00. The number of Topliss-reactive ketones (excluding diaryl/α,β-unsaturated/α-hetero) is 1. The van der Waals surface area contributed by atoms with Crippen LogP contribution in [-0.4, -0.2) is 47.5 Å². The van der Waals surface area contributed by atoms with E-state index in [4.69, 9.17) is 0 Å². The van der Waals surface area contributed by atoms with Crippen LogP contribution in [0.3, 0.4) is 0 Å². The van der Waals surface area contributed by atoms with Gasteiger partial charge in [-0.2, -0.15) is 0 Å². The van der Waals surface area contributed by atoms with Crippen molar-refractivity contribution in [3.05, 3.63) is 71.5 Å². The first-order valence-corrected chi connectivity index (χ1v) is 9.70. The predicted octanol–water partition coefficient (Wildman–Crippen LogP) is 3.09. The number of halogens is 1. The van der Waals surface area contributed by atoms with E-state index in [1.807, 2.05) is 6.07 Å². The van der Waals surface area contributed by atoms with Crippen LogP contribution in [0.2, 0.25) is 0 Å². The van der Waals surface area contributed by atoms with Crippen molar-refractivity contribution < 1.29 is 23.6 Å². The van der Waals surface area contributed by atoms with Crippen molar-refractivity contribution in [2.45, 2.75) is 24.7 Å². The second-order valence-corrected chi connectivity index (χ2v) is 7.89. The Morgan fingerprint density at radius 1 is 0.767 bits per heavy atom. The maximum atomic E-state index is 13.7. The molecule has 2 aromatic rings. The van der Waals surface area contributed by atoms with Gasteiger partial charge in [0, 0.05) is 38.8 Å². The minimum absolute atomic E-state index is 0.00899. The zero-order chi connectivity index (χ0) is 21.6. The van der Waals surface area contributed by atoms with Crippen molar-refractivity contribution in [3.63, 3.8) is 0 Å². The first-order chi connectivity index (χ1) is 14.3. The average molecular weight is 408 g/mol. The summed E-state index contributed by atoms with van der Waals surface area (Å²) in [5.41, 5.74) is -0.483. The van der Waals surface area contributed by atoms with E-state index in [-0.39, 0.29) is 18.6 Å². The van der Waals surface area contributed by atoms with Crippen molar-refractivity contribution in [1.82, 2.24) is 9.80 Å².